The second-order valence-corrected chi connectivity index (χ2v) is 28.7. The van der Waals surface area contributed by atoms with E-state index in [2.05, 4.69) is 33.8 Å². The largest absolute Gasteiger partial charge is 0.462 e. The van der Waals surface area contributed by atoms with Gasteiger partial charge in [-0.05, 0) is 95.0 Å². The number of aliphatic hydroxyl groups is 10. The summed E-state index contributed by atoms with van der Waals surface area (Å²) in [6, 6.07) is 0. The Morgan fingerprint density at radius 1 is 0.689 bits per heavy atom. The van der Waals surface area contributed by atoms with Crippen molar-refractivity contribution in [3.63, 3.8) is 0 Å². The van der Waals surface area contributed by atoms with Crippen molar-refractivity contribution in [2.45, 2.75) is 254 Å². The molecule has 0 amide bonds. The summed E-state index contributed by atoms with van der Waals surface area (Å²) in [6.45, 7) is 14.6. The predicted octanol–water partition coefficient (Wildman–Crippen LogP) is -1.14. The smallest absolute Gasteiger partial charge is 0.397 e. The van der Waals surface area contributed by atoms with Gasteiger partial charge in [-0.3, -0.25) is 14.1 Å². The van der Waals surface area contributed by atoms with E-state index < -0.39 is 217 Å². The quantitative estimate of drug-likeness (QED) is 0.0355. The van der Waals surface area contributed by atoms with Gasteiger partial charge < -0.3 is 113 Å². The molecule has 0 aromatic carbocycles. The van der Waals surface area contributed by atoms with E-state index in [1.54, 1.807) is 0 Å². The zero-order valence-electron chi connectivity index (χ0n) is 52.1. The minimum absolute atomic E-state index is 0.0276. The molecule has 10 aliphatic rings. The predicted molar refractivity (Wildman–Crippen MR) is 302 cm³/mol. The van der Waals surface area contributed by atoms with Gasteiger partial charge in [0, 0.05) is 19.4 Å². The summed E-state index contributed by atoms with van der Waals surface area (Å²) in [5, 5.41) is 111. The number of ether oxygens (including phenoxy) is 13. The Kier molecular flexibility index (Phi) is 20.5. The highest BCUT2D eigenvalue weighted by Gasteiger charge is 2.79. The molecule has 0 aromatic rings. The van der Waals surface area contributed by atoms with Gasteiger partial charge >= 0.3 is 22.3 Å². The van der Waals surface area contributed by atoms with Crippen molar-refractivity contribution in [2.24, 2.45) is 39.4 Å². The molecule has 9 fully saturated rings. The first kappa shape index (κ1) is 70.0. The Bertz CT molecular complexity index is 2780. The lowest BCUT2D eigenvalue weighted by atomic mass is 9.41. The van der Waals surface area contributed by atoms with Crippen molar-refractivity contribution >= 4 is 22.3 Å². The highest BCUT2D eigenvalue weighted by atomic mass is 32.3. The summed E-state index contributed by atoms with van der Waals surface area (Å²) < 4.78 is 118. The lowest BCUT2D eigenvalue weighted by Crippen LogP contribution is -2.67. The van der Waals surface area contributed by atoms with Crippen LogP contribution in [-0.2, 0) is 85.8 Å². The Labute approximate surface area is 522 Å². The molecule has 0 aromatic heterocycles. The van der Waals surface area contributed by atoms with E-state index in [4.69, 9.17) is 65.8 Å². The fourth-order valence-corrected chi connectivity index (χ4v) is 17.6. The molecule has 10 rings (SSSR count). The number of carbonyl (C=O) groups excluding carboxylic acids is 2. The van der Waals surface area contributed by atoms with Crippen LogP contribution in [0.3, 0.4) is 0 Å². The molecule has 6 saturated heterocycles. The topological polar surface area (TPSA) is 420 Å². The maximum absolute atomic E-state index is 14.7. The van der Waals surface area contributed by atoms with Crippen LogP contribution >= 0.6 is 0 Å². The number of allylic oxidation sites excluding steroid dienone is 5. The number of esters is 2. The lowest BCUT2D eigenvalue weighted by molar-refractivity contribution is -0.402. The maximum Gasteiger partial charge on any atom is 0.397 e. The van der Waals surface area contributed by atoms with Crippen LogP contribution in [-0.4, -0.2) is 263 Å². The second-order valence-electron chi connectivity index (χ2n) is 27.6. The van der Waals surface area contributed by atoms with Crippen LogP contribution in [0.4, 0.5) is 0 Å². The number of aliphatic hydroxyl groups excluding tert-OH is 10. The van der Waals surface area contributed by atoms with Crippen molar-refractivity contribution in [3.8, 4) is 0 Å². The molecule has 1 spiro atoms. The van der Waals surface area contributed by atoms with Crippen molar-refractivity contribution < 1.29 is 139 Å². The maximum atomic E-state index is 14.7. The molecule has 31 atom stereocenters. The molecule has 30 heteroatoms. The Hall–Kier alpha value is -2.81. The summed E-state index contributed by atoms with van der Waals surface area (Å²) in [5.41, 5.74) is -1.74. The average molecular weight is 1310 g/mol. The monoisotopic (exact) mass is 1310 g/mol. The van der Waals surface area contributed by atoms with Gasteiger partial charge in [-0.25, -0.2) is 4.18 Å². The summed E-state index contributed by atoms with van der Waals surface area (Å²) in [4.78, 5) is 27.6. The van der Waals surface area contributed by atoms with E-state index in [9.17, 15) is 73.6 Å². The number of cyclic esters (lactones) is 1. The molecule has 29 nitrogen and oxygen atoms in total. The SMILES string of the molecule is COC1C(O)COC(OC2C(O)C(CO)OC(OC3C(C)OC(OC4C(OC5CCC6(C)C7CCC89C(=O)OC(C)(C=CC=C(C)C)C8C(OC(C)=O)CC9(C)C7=CCC6C5(C)C)OCC(OS(=O)(=O)O)C4O)C(OC4OCC(O)C(O)C4O)C3O)C2O)C1O. The molecule has 4 aliphatic carbocycles. The fraction of sp³-hybridized carbons (Fsp3) is 0.867. The van der Waals surface area contributed by atoms with Crippen LogP contribution in [0.25, 0.3) is 0 Å². The fourth-order valence-electron chi connectivity index (χ4n) is 17.1. The number of carbonyl (C=O) groups is 2. The van der Waals surface area contributed by atoms with Gasteiger partial charge in [0.1, 0.15) is 109 Å². The molecule has 6 aliphatic heterocycles. The molecule has 0 bridgehead atoms. The van der Waals surface area contributed by atoms with Gasteiger partial charge in [-0.2, -0.15) is 8.42 Å². The summed E-state index contributed by atoms with van der Waals surface area (Å²) >= 11 is 0. The molecule has 31 unspecified atom stereocenters. The molecule has 512 valence electrons. The molecular formula is C60H92O29S. The van der Waals surface area contributed by atoms with Crippen LogP contribution < -0.4 is 0 Å². The van der Waals surface area contributed by atoms with Crippen LogP contribution in [0.15, 0.2) is 35.5 Å². The van der Waals surface area contributed by atoms with Gasteiger partial charge in [0.2, 0.25) is 0 Å². The van der Waals surface area contributed by atoms with Crippen LogP contribution in [0.5, 0.6) is 0 Å². The number of rotatable bonds is 17. The first-order valence-corrected chi connectivity index (χ1v) is 32.3. The minimum Gasteiger partial charge on any atom is -0.462 e. The third-order valence-electron chi connectivity index (χ3n) is 21.5. The van der Waals surface area contributed by atoms with E-state index in [0.29, 0.717) is 38.5 Å². The van der Waals surface area contributed by atoms with Crippen molar-refractivity contribution in [2.75, 3.05) is 33.5 Å². The van der Waals surface area contributed by atoms with E-state index in [0.717, 1.165) is 11.1 Å². The highest BCUT2D eigenvalue weighted by molar-refractivity contribution is 7.80. The molecule has 3 saturated carbocycles. The Morgan fingerprint density at radius 2 is 1.31 bits per heavy atom. The first-order valence-electron chi connectivity index (χ1n) is 30.9. The van der Waals surface area contributed by atoms with Crippen LogP contribution in [0.2, 0.25) is 0 Å². The molecule has 6 heterocycles. The van der Waals surface area contributed by atoms with Gasteiger partial charge in [-0.15, -0.1) is 0 Å². The molecule has 90 heavy (non-hydrogen) atoms. The average Bonchev–Trinajstić information content (AvgIpc) is 1.52. The van der Waals surface area contributed by atoms with E-state index in [1.165, 1.54) is 21.0 Å². The highest BCUT2D eigenvalue weighted by Crippen LogP contribution is 2.76. The van der Waals surface area contributed by atoms with E-state index >= 15 is 0 Å². The third kappa shape index (κ3) is 12.5. The minimum atomic E-state index is -5.27. The normalized spacial score (nSPS) is 50.2. The van der Waals surface area contributed by atoms with Crippen molar-refractivity contribution in [1.29, 1.82) is 0 Å². The summed E-state index contributed by atoms with van der Waals surface area (Å²) in [6.07, 6.45) is -28.5. The summed E-state index contributed by atoms with van der Waals surface area (Å²) in [7, 11) is -4.04. The third-order valence-corrected chi connectivity index (χ3v) is 22.0. The first-order chi connectivity index (χ1) is 42.2. The Morgan fingerprint density at radius 3 is 1.97 bits per heavy atom. The second kappa shape index (κ2) is 26.3. The standard InChI is InChI=1S/C60H92O29S/c1-25(2)12-11-17-59(9)49-32(81-27(4)62)20-58(8)29-13-14-35-56(5,6)36(16-18-57(35,7)28(29)15-19-60(49,58)55(72)88-59)83-53-47(39(67)34(24-79-53)89-90(73,74)75)87-54-48(86-50-40(68)37(65)30(63)22-77-50)41(69)44(26(3)80-54)84-52-43(71)46(38(66)33(21-61)82-52)85-51-42(70)45(76-10)31(64)23-78-51/h11-13,17,26,28,30-54,61,63-71H,14-16,18-24H2,1-10H3,(H,73,74,75). The lowest BCUT2D eigenvalue weighted by Gasteiger charge is -2.63. The van der Waals surface area contributed by atoms with Gasteiger partial charge in [-0.1, -0.05) is 57.1 Å². The zero-order valence-corrected chi connectivity index (χ0v) is 53.0. The van der Waals surface area contributed by atoms with Gasteiger partial charge in [0.25, 0.3) is 0 Å². The number of fused-ring (bicyclic) bond motifs is 4. The van der Waals surface area contributed by atoms with E-state index in [-0.39, 0.29) is 24.4 Å². The van der Waals surface area contributed by atoms with Gasteiger partial charge in [0.05, 0.1) is 50.0 Å². The van der Waals surface area contributed by atoms with Gasteiger partial charge in [0.15, 0.2) is 31.5 Å². The summed E-state index contributed by atoms with van der Waals surface area (Å²) in [5.74, 6) is -1.36. The number of hydrogen-bond donors (Lipinski definition) is 11. The molecular weight excluding hydrogens is 1220 g/mol. The van der Waals surface area contributed by atoms with Crippen LogP contribution in [0.1, 0.15) is 101 Å². The number of hydrogen-bond acceptors (Lipinski definition) is 28. The molecule has 11 N–H and O–H groups in total. The zero-order chi connectivity index (χ0) is 65.7. The van der Waals surface area contributed by atoms with Crippen molar-refractivity contribution in [3.05, 3.63) is 35.5 Å². The van der Waals surface area contributed by atoms with E-state index in [1.807, 2.05) is 39.0 Å². The number of methoxy groups -OCH3 is 1. The Balaban J connectivity index is 0.919. The van der Waals surface area contributed by atoms with Crippen LogP contribution in [0, 0.1) is 39.4 Å². The molecule has 0 radical (unpaired) electrons. The van der Waals surface area contributed by atoms with Crippen molar-refractivity contribution in [1.82, 2.24) is 0 Å².